The van der Waals surface area contributed by atoms with Crippen molar-refractivity contribution in [2.75, 3.05) is 29.0 Å². The number of hydrogen-bond acceptors (Lipinski definition) is 4. The molecule has 1 fully saturated rings. The van der Waals surface area contributed by atoms with Crippen LogP contribution in [0.25, 0.3) is 0 Å². The van der Waals surface area contributed by atoms with Crippen molar-refractivity contribution in [2.24, 2.45) is 0 Å². The molecule has 2 heterocycles. The van der Waals surface area contributed by atoms with Crippen molar-refractivity contribution < 1.29 is 4.79 Å². The highest BCUT2D eigenvalue weighted by atomic mass is 35.5. The summed E-state index contributed by atoms with van der Waals surface area (Å²) < 4.78 is 0. The summed E-state index contributed by atoms with van der Waals surface area (Å²) >= 11 is 0. The highest BCUT2D eigenvalue weighted by molar-refractivity contribution is 6.05. The summed E-state index contributed by atoms with van der Waals surface area (Å²) in [4.78, 5) is 19.0. The fourth-order valence-electron chi connectivity index (χ4n) is 2.81. The Morgan fingerprint density at radius 1 is 1.00 bits per heavy atom. The van der Waals surface area contributed by atoms with Gasteiger partial charge >= 0.3 is 0 Å². The second kappa shape index (κ2) is 10.1. The third kappa shape index (κ3) is 5.51. The first kappa shape index (κ1) is 21.1. The standard InChI is InChI=1S/C18H22N4O.2ClH/c19-15-7-3-4-8-16(15)21-18(23)14-9-10-17(20-13-14)22-11-5-1-2-6-12-22;;/h3-4,7-10,13H,1-2,5-6,11-12,19H2,(H,21,23);2*1H. The van der Waals surface area contributed by atoms with Crippen LogP contribution in [0.5, 0.6) is 0 Å². The van der Waals surface area contributed by atoms with E-state index in [2.05, 4.69) is 15.2 Å². The van der Waals surface area contributed by atoms with Crippen molar-refractivity contribution in [3.63, 3.8) is 0 Å². The van der Waals surface area contributed by atoms with Gasteiger partial charge in [0.1, 0.15) is 5.82 Å². The Hall–Kier alpha value is -1.98. The number of rotatable bonds is 3. The smallest absolute Gasteiger partial charge is 0.257 e. The molecule has 1 aromatic heterocycles. The van der Waals surface area contributed by atoms with Gasteiger partial charge in [-0.05, 0) is 37.1 Å². The number of carbonyl (C=O) groups excluding carboxylic acids is 1. The van der Waals surface area contributed by atoms with Crippen molar-refractivity contribution in [3.8, 4) is 0 Å². The normalized spacial score (nSPS) is 13.8. The van der Waals surface area contributed by atoms with Gasteiger partial charge in [0.2, 0.25) is 0 Å². The van der Waals surface area contributed by atoms with Crippen LogP contribution in [0, 0.1) is 0 Å². The van der Waals surface area contributed by atoms with Crippen molar-refractivity contribution in [3.05, 3.63) is 48.2 Å². The molecule has 0 saturated carbocycles. The number of benzene rings is 1. The topological polar surface area (TPSA) is 71.2 Å². The zero-order chi connectivity index (χ0) is 16.1. The molecule has 0 spiro atoms. The summed E-state index contributed by atoms with van der Waals surface area (Å²) in [5, 5.41) is 2.82. The number of nitrogens with one attached hydrogen (secondary N) is 1. The Bertz CT molecular complexity index is 671. The Balaban J connectivity index is 0.00000156. The number of nitrogen functional groups attached to an aromatic ring is 1. The highest BCUT2D eigenvalue weighted by Crippen LogP contribution is 2.20. The monoisotopic (exact) mass is 382 g/mol. The number of carbonyl (C=O) groups is 1. The second-order valence-corrected chi connectivity index (χ2v) is 5.85. The van der Waals surface area contributed by atoms with E-state index in [1.54, 1.807) is 18.3 Å². The number of hydrogen-bond donors (Lipinski definition) is 2. The van der Waals surface area contributed by atoms with Crippen molar-refractivity contribution in [1.29, 1.82) is 0 Å². The van der Waals surface area contributed by atoms with E-state index < -0.39 is 0 Å². The lowest BCUT2D eigenvalue weighted by molar-refractivity contribution is 0.102. The van der Waals surface area contributed by atoms with Gasteiger partial charge in [-0.2, -0.15) is 0 Å². The predicted molar refractivity (Wildman–Crippen MR) is 108 cm³/mol. The van der Waals surface area contributed by atoms with E-state index >= 15 is 0 Å². The largest absolute Gasteiger partial charge is 0.397 e. The molecule has 3 N–H and O–H groups in total. The fraction of sp³-hybridized carbons (Fsp3) is 0.333. The van der Waals surface area contributed by atoms with E-state index in [4.69, 9.17) is 5.73 Å². The molecule has 0 unspecified atom stereocenters. The van der Waals surface area contributed by atoms with Crippen LogP contribution in [-0.2, 0) is 0 Å². The molecule has 7 heteroatoms. The Morgan fingerprint density at radius 3 is 2.28 bits per heavy atom. The molecule has 2 aromatic rings. The molecule has 0 aliphatic carbocycles. The van der Waals surface area contributed by atoms with Crippen LogP contribution in [-0.4, -0.2) is 24.0 Å². The molecule has 0 radical (unpaired) electrons. The SMILES string of the molecule is Cl.Cl.Nc1ccccc1NC(=O)c1ccc(N2CCCCCC2)nc1. The number of pyridine rings is 1. The predicted octanol–water partition coefficient (Wildman–Crippen LogP) is 4.14. The van der Waals surface area contributed by atoms with Crippen LogP contribution in [0.1, 0.15) is 36.0 Å². The van der Waals surface area contributed by atoms with Gasteiger partial charge < -0.3 is 16.0 Å². The van der Waals surface area contributed by atoms with E-state index in [1.165, 1.54) is 25.7 Å². The van der Waals surface area contributed by atoms with Gasteiger partial charge in [-0.1, -0.05) is 25.0 Å². The second-order valence-electron chi connectivity index (χ2n) is 5.85. The van der Waals surface area contributed by atoms with Gasteiger partial charge in [-0.3, -0.25) is 4.79 Å². The van der Waals surface area contributed by atoms with E-state index in [0.29, 0.717) is 16.9 Å². The number of para-hydroxylation sites is 2. The Kier molecular flexibility index (Phi) is 8.52. The number of nitrogens with zero attached hydrogens (tertiary/aromatic N) is 2. The minimum atomic E-state index is -0.196. The fourth-order valence-corrected chi connectivity index (χ4v) is 2.81. The molecule has 5 nitrogen and oxygen atoms in total. The quantitative estimate of drug-likeness (QED) is 0.782. The first-order valence-electron chi connectivity index (χ1n) is 8.11. The van der Waals surface area contributed by atoms with Gasteiger partial charge in [0, 0.05) is 19.3 Å². The molecule has 1 aliphatic heterocycles. The molecule has 0 bridgehead atoms. The van der Waals surface area contributed by atoms with Gasteiger partial charge in [-0.15, -0.1) is 24.8 Å². The third-order valence-corrected chi connectivity index (χ3v) is 4.15. The average molecular weight is 383 g/mol. The molecular formula is C18H24Cl2N4O. The lowest BCUT2D eigenvalue weighted by Crippen LogP contribution is -2.25. The van der Waals surface area contributed by atoms with Crippen LogP contribution in [0.3, 0.4) is 0 Å². The van der Waals surface area contributed by atoms with Crippen LogP contribution in [0.15, 0.2) is 42.6 Å². The third-order valence-electron chi connectivity index (χ3n) is 4.15. The number of amides is 1. The van der Waals surface area contributed by atoms with Crippen molar-refractivity contribution in [1.82, 2.24) is 4.98 Å². The molecular weight excluding hydrogens is 359 g/mol. The highest BCUT2D eigenvalue weighted by Gasteiger charge is 2.13. The van der Waals surface area contributed by atoms with E-state index in [-0.39, 0.29) is 30.7 Å². The minimum absolute atomic E-state index is 0. The molecule has 25 heavy (non-hydrogen) atoms. The lowest BCUT2D eigenvalue weighted by atomic mass is 10.2. The summed E-state index contributed by atoms with van der Waals surface area (Å²) in [5.74, 6) is 0.750. The summed E-state index contributed by atoms with van der Waals surface area (Å²) in [7, 11) is 0. The number of aromatic nitrogens is 1. The van der Waals surface area contributed by atoms with Gasteiger partial charge in [0.15, 0.2) is 0 Å². The summed E-state index contributed by atoms with van der Waals surface area (Å²) in [6.07, 6.45) is 6.62. The van der Waals surface area contributed by atoms with Gasteiger partial charge in [0.25, 0.3) is 5.91 Å². The molecule has 1 aromatic carbocycles. The average Bonchev–Trinajstić information content (AvgIpc) is 2.86. The van der Waals surface area contributed by atoms with Crippen LogP contribution >= 0.6 is 24.8 Å². The summed E-state index contributed by atoms with van der Waals surface area (Å²) in [6, 6.07) is 11.0. The van der Waals surface area contributed by atoms with Crippen LogP contribution in [0.4, 0.5) is 17.2 Å². The first-order valence-corrected chi connectivity index (χ1v) is 8.11. The lowest BCUT2D eigenvalue weighted by Gasteiger charge is -2.21. The van der Waals surface area contributed by atoms with E-state index in [0.717, 1.165) is 18.9 Å². The van der Waals surface area contributed by atoms with Crippen LogP contribution in [0.2, 0.25) is 0 Å². The maximum absolute atomic E-state index is 12.3. The van der Waals surface area contributed by atoms with E-state index in [9.17, 15) is 4.79 Å². The maximum atomic E-state index is 12.3. The number of nitrogens with two attached hydrogens (primary N) is 1. The molecule has 1 amide bonds. The Labute approximate surface area is 160 Å². The zero-order valence-electron chi connectivity index (χ0n) is 14.0. The molecule has 3 rings (SSSR count). The molecule has 1 aliphatic rings. The number of anilines is 3. The van der Waals surface area contributed by atoms with E-state index in [1.807, 2.05) is 24.3 Å². The maximum Gasteiger partial charge on any atom is 0.257 e. The first-order chi connectivity index (χ1) is 11.2. The van der Waals surface area contributed by atoms with Gasteiger partial charge in [-0.25, -0.2) is 4.98 Å². The Morgan fingerprint density at radius 2 is 1.68 bits per heavy atom. The molecule has 1 saturated heterocycles. The zero-order valence-corrected chi connectivity index (χ0v) is 15.6. The van der Waals surface area contributed by atoms with Crippen molar-refractivity contribution >= 4 is 47.9 Å². The van der Waals surface area contributed by atoms with Gasteiger partial charge in [0.05, 0.1) is 16.9 Å². The molecule has 0 atom stereocenters. The summed E-state index contributed by atoms with van der Waals surface area (Å²) in [6.45, 7) is 2.08. The summed E-state index contributed by atoms with van der Waals surface area (Å²) in [5.41, 5.74) is 7.55. The van der Waals surface area contributed by atoms with Crippen molar-refractivity contribution in [2.45, 2.75) is 25.7 Å². The minimum Gasteiger partial charge on any atom is -0.397 e. The van der Waals surface area contributed by atoms with Crippen LogP contribution < -0.4 is 16.0 Å². The number of halogens is 2. The molecule has 136 valence electrons.